The highest BCUT2D eigenvalue weighted by Gasteiger charge is 2.39. The van der Waals surface area contributed by atoms with Crippen LogP contribution in [0.25, 0.3) is 0 Å². The number of hydrogen-bond donors (Lipinski definition) is 2. The number of nitrogens with zero attached hydrogens (tertiary/aromatic N) is 1. The Morgan fingerprint density at radius 2 is 2.13 bits per heavy atom. The summed E-state index contributed by atoms with van der Waals surface area (Å²) in [5, 5.41) is 5.72. The molecule has 2 amide bonds. The summed E-state index contributed by atoms with van der Waals surface area (Å²) in [7, 11) is -1.87. The normalized spacial score (nSPS) is 18.6. The highest BCUT2D eigenvalue weighted by Crippen LogP contribution is 2.37. The summed E-state index contributed by atoms with van der Waals surface area (Å²) in [6.07, 6.45) is 2.51. The number of anilines is 1. The molecule has 1 aromatic rings. The van der Waals surface area contributed by atoms with Crippen molar-refractivity contribution >= 4 is 20.2 Å². The Morgan fingerprint density at radius 1 is 1.39 bits per heavy atom. The van der Waals surface area contributed by atoms with Gasteiger partial charge in [-0.1, -0.05) is 20.8 Å². The van der Waals surface area contributed by atoms with Gasteiger partial charge >= 0.3 is 6.03 Å². The molecule has 23 heavy (non-hydrogen) atoms. The van der Waals surface area contributed by atoms with Gasteiger partial charge < -0.3 is 14.5 Å². The van der Waals surface area contributed by atoms with Crippen molar-refractivity contribution in [2.75, 3.05) is 18.5 Å². The SMILES string of the molecule is CC(C)(C)[Si](C)(C)Oc1ccc(NC(=O)NC2CCOC2)nc1. The van der Waals surface area contributed by atoms with Crippen molar-refractivity contribution in [2.45, 2.75) is 51.4 Å². The maximum atomic E-state index is 11.9. The van der Waals surface area contributed by atoms with Crippen molar-refractivity contribution in [3.8, 4) is 5.75 Å². The van der Waals surface area contributed by atoms with Gasteiger partial charge in [-0.25, -0.2) is 9.78 Å². The molecule has 1 aliphatic heterocycles. The van der Waals surface area contributed by atoms with Gasteiger partial charge in [-0.2, -0.15) is 0 Å². The lowest BCUT2D eigenvalue weighted by atomic mass is 10.2. The first-order chi connectivity index (χ1) is 10.7. The maximum Gasteiger partial charge on any atom is 0.320 e. The molecule has 0 saturated carbocycles. The Balaban J connectivity index is 1.90. The minimum absolute atomic E-state index is 0.0798. The number of ether oxygens (including phenoxy) is 1. The summed E-state index contributed by atoms with van der Waals surface area (Å²) in [6, 6.07) is 3.43. The second-order valence-corrected chi connectivity index (χ2v) is 12.1. The zero-order valence-electron chi connectivity index (χ0n) is 14.6. The fourth-order valence-corrected chi connectivity index (χ4v) is 2.96. The summed E-state index contributed by atoms with van der Waals surface area (Å²) in [6.45, 7) is 12.2. The quantitative estimate of drug-likeness (QED) is 0.826. The fourth-order valence-electron chi connectivity index (χ4n) is 1.95. The van der Waals surface area contributed by atoms with Crippen LogP contribution >= 0.6 is 0 Å². The molecule has 0 aromatic carbocycles. The van der Waals surface area contributed by atoms with Crippen LogP contribution in [0.5, 0.6) is 5.75 Å². The number of carbonyl (C=O) groups excluding carboxylic acids is 1. The molecular formula is C16H27N3O3Si. The standard InChI is InChI=1S/C16H27N3O3Si/c1-16(2,3)23(4,5)22-13-6-7-14(17-10-13)19-15(20)18-12-8-9-21-11-12/h6-7,10,12H,8-9,11H2,1-5H3,(H2,17,18,19,20). The molecule has 1 atom stereocenters. The molecule has 0 aliphatic carbocycles. The Morgan fingerprint density at radius 3 is 2.65 bits per heavy atom. The molecule has 0 bridgehead atoms. The van der Waals surface area contributed by atoms with Crippen LogP contribution in [0, 0.1) is 0 Å². The van der Waals surface area contributed by atoms with E-state index in [4.69, 9.17) is 9.16 Å². The molecule has 6 nitrogen and oxygen atoms in total. The Labute approximate surface area is 139 Å². The van der Waals surface area contributed by atoms with Crippen LogP contribution in [0.15, 0.2) is 18.3 Å². The van der Waals surface area contributed by atoms with Gasteiger partial charge in [0.1, 0.15) is 11.6 Å². The molecule has 7 heteroatoms. The number of carbonyl (C=O) groups is 1. The third-order valence-electron chi connectivity index (χ3n) is 4.42. The summed E-state index contributed by atoms with van der Waals surface area (Å²) < 4.78 is 11.4. The molecular weight excluding hydrogens is 310 g/mol. The van der Waals surface area contributed by atoms with Crippen molar-refractivity contribution in [2.24, 2.45) is 0 Å². The monoisotopic (exact) mass is 337 g/mol. The van der Waals surface area contributed by atoms with E-state index in [1.165, 1.54) is 0 Å². The Bertz CT molecular complexity index is 534. The van der Waals surface area contributed by atoms with Gasteiger partial charge in [-0.3, -0.25) is 5.32 Å². The zero-order chi connectivity index (χ0) is 17.1. The van der Waals surface area contributed by atoms with E-state index in [0.717, 1.165) is 12.2 Å². The summed E-state index contributed by atoms with van der Waals surface area (Å²) >= 11 is 0. The van der Waals surface area contributed by atoms with Gasteiger partial charge in [0, 0.05) is 6.61 Å². The Kier molecular flexibility index (Phi) is 5.31. The zero-order valence-corrected chi connectivity index (χ0v) is 15.6. The molecule has 0 radical (unpaired) electrons. The van der Waals surface area contributed by atoms with Gasteiger partial charge in [0.25, 0.3) is 8.32 Å². The van der Waals surface area contributed by atoms with Crippen molar-refractivity contribution < 1.29 is 14.0 Å². The molecule has 1 fully saturated rings. The summed E-state index contributed by atoms with van der Waals surface area (Å²) in [4.78, 5) is 16.1. The molecule has 1 aliphatic rings. The van der Waals surface area contributed by atoms with Crippen LogP contribution in [0.2, 0.25) is 18.1 Å². The molecule has 1 aromatic heterocycles. The third kappa shape index (κ3) is 4.94. The van der Waals surface area contributed by atoms with E-state index < -0.39 is 8.32 Å². The molecule has 2 rings (SSSR count). The molecule has 2 N–H and O–H groups in total. The van der Waals surface area contributed by atoms with E-state index in [0.29, 0.717) is 19.0 Å². The minimum Gasteiger partial charge on any atom is -0.542 e. The van der Waals surface area contributed by atoms with E-state index >= 15 is 0 Å². The molecule has 1 saturated heterocycles. The summed E-state index contributed by atoms with van der Waals surface area (Å²) in [5.74, 6) is 1.25. The fraction of sp³-hybridized carbons (Fsp3) is 0.625. The molecule has 1 unspecified atom stereocenters. The maximum absolute atomic E-state index is 11.9. The number of amides is 2. The smallest absolute Gasteiger partial charge is 0.320 e. The van der Waals surface area contributed by atoms with Crippen molar-refractivity contribution in [3.05, 3.63) is 18.3 Å². The third-order valence-corrected chi connectivity index (χ3v) is 8.78. The average Bonchev–Trinajstić information content (AvgIpc) is 2.92. The highest BCUT2D eigenvalue weighted by molar-refractivity contribution is 6.74. The highest BCUT2D eigenvalue weighted by atomic mass is 28.4. The Hall–Kier alpha value is -1.60. The van der Waals surface area contributed by atoms with E-state index in [1.807, 2.05) is 6.07 Å². The summed E-state index contributed by atoms with van der Waals surface area (Å²) in [5.41, 5.74) is 0. The number of pyridine rings is 1. The van der Waals surface area contributed by atoms with E-state index in [-0.39, 0.29) is 17.1 Å². The lowest BCUT2D eigenvalue weighted by molar-refractivity contribution is 0.189. The number of aromatic nitrogens is 1. The number of nitrogens with one attached hydrogen (secondary N) is 2. The average molecular weight is 337 g/mol. The van der Waals surface area contributed by atoms with Crippen molar-refractivity contribution in [1.82, 2.24) is 10.3 Å². The first kappa shape index (κ1) is 17.7. The lowest BCUT2D eigenvalue weighted by Crippen LogP contribution is -2.43. The van der Waals surface area contributed by atoms with Gasteiger partial charge in [0.15, 0.2) is 0 Å². The first-order valence-corrected chi connectivity index (χ1v) is 10.9. The van der Waals surface area contributed by atoms with Crippen LogP contribution in [0.1, 0.15) is 27.2 Å². The van der Waals surface area contributed by atoms with Crippen LogP contribution < -0.4 is 15.1 Å². The first-order valence-electron chi connectivity index (χ1n) is 7.98. The largest absolute Gasteiger partial charge is 0.542 e. The number of hydrogen-bond acceptors (Lipinski definition) is 4. The van der Waals surface area contributed by atoms with Crippen LogP contribution in [-0.4, -0.2) is 38.6 Å². The predicted octanol–water partition coefficient (Wildman–Crippen LogP) is 3.38. The predicted molar refractivity (Wildman–Crippen MR) is 93.4 cm³/mol. The van der Waals surface area contributed by atoms with E-state index in [1.54, 1.807) is 12.3 Å². The van der Waals surface area contributed by atoms with E-state index in [9.17, 15) is 4.79 Å². The minimum atomic E-state index is -1.87. The lowest BCUT2D eigenvalue weighted by Gasteiger charge is -2.36. The number of urea groups is 1. The van der Waals surface area contributed by atoms with Gasteiger partial charge in [-0.15, -0.1) is 0 Å². The second kappa shape index (κ2) is 6.88. The van der Waals surface area contributed by atoms with Crippen molar-refractivity contribution in [3.63, 3.8) is 0 Å². The van der Waals surface area contributed by atoms with Crippen LogP contribution in [0.3, 0.4) is 0 Å². The van der Waals surface area contributed by atoms with Gasteiger partial charge in [0.05, 0.1) is 18.8 Å². The molecule has 0 spiro atoms. The van der Waals surface area contributed by atoms with E-state index in [2.05, 4.69) is 49.5 Å². The topological polar surface area (TPSA) is 72.5 Å². The second-order valence-electron chi connectivity index (χ2n) is 7.40. The molecule has 128 valence electrons. The van der Waals surface area contributed by atoms with Crippen LogP contribution in [-0.2, 0) is 4.74 Å². The van der Waals surface area contributed by atoms with Gasteiger partial charge in [0.2, 0.25) is 0 Å². The van der Waals surface area contributed by atoms with Crippen molar-refractivity contribution in [1.29, 1.82) is 0 Å². The van der Waals surface area contributed by atoms with Gasteiger partial charge in [-0.05, 0) is 36.7 Å². The molecule has 2 heterocycles. The van der Waals surface area contributed by atoms with Crippen LogP contribution in [0.4, 0.5) is 10.6 Å². The number of rotatable bonds is 4.